The molecule has 2 N–H and O–H groups in total. The summed E-state index contributed by atoms with van der Waals surface area (Å²) in [4.78, 5) is 0. The first-order chi connectivity index (χ1) is 9.64. The summed E-state index contributed by atoms with van der Waals surface area (Å²) in [5.41, 5.74) is 0.0140. The Labute approximate surface area is 121 Å². The lowest BCUT2D eigenvalue weighted by Crippen LogP contribution is -2.34. The molecule has 1 atom stereocenters. The molecule has 1 rings (SSSR count). The Morgan fingerprint density at radius 1 is 1.33 bits per heavy atom. The van der Waals surface area contributed by atoms with Crippen molar-refractivity contribution >= 4 is 15.7 Å². The Morgan fingerprint density at radius 2 is 2.00 bits per heavy atom. The highest BCUT2D eigenvalue weighted by molar-refractivity contribution is 7.93. The SMILES string of the molecule is CCNCC(C)S(=O)(=O)Nc1cccc(OC(F)(F)F)c1. The molecule has 0 saturated heterocycles. The summed E-state index contributed by atoms with van der Waals surface area (Å²) in [6.45, 7) is 4.20. The Morgan fingerprint density at radius 3 is 2.57 bits per heavy atom. The van der Waals surface area contributed by atoms with E-state index < -0.39 is 27.4 Å². The summed E-state index contributed by atoms with van der Waals surface area (Å²) in [6.07, 6.45) is -4.82. The maximum Gasteiger partial charge on any atom is 0.573 e. The quantitative estimate of drug-likeness (QED) is 0.807. The Hall–Kier alpha value is -1.48. The van der Waals surface area contributed by atoms with Crippen LogP contribution in [0.3, 0.4) is 0 Å². The largest absolute Gasteiger partial charge is 0.573 e. The van der Waals surface area contributed by atoms with Gasteiger partial charge in [-0.15, -0.1) is 13.2 Å². The average Bonchev–Trinajstić information content (AvgIpc) is 2.33. The predicted molar refractivity (Wildman–Crippen MR) is 73.7 cm³/mol. The topological polar surface area (TPSA) is 67.4 Å². The monoisotopic (exact) mass is 326 g/mol. The summed E-state index contributed by atoms with van der Waals surface area (Å²) in [6, 6.07) is 4.69. The highest BCUT2D eigenvalue weighted by atomic mass is 32.2. The lowest BCUT2D eigenvalue weighted by atomic mass is 10.3. The third kappa shape index (κ3) is 6.21. The van der Waals surface area contributed by atoms with E-state index in [4.69, 9.17) is 0 Å². The smallest absolute Gasteiger partial charge is 0.406 e. The molecular formula is C12H17F3N2O3S. The molecule has 5 nitrogen and oxygen atoms in total. The second-order valence-corrected chi connectivity index (χ2v) is 6.44. The van der Waals surface area contributed by atoms with E-state index in [0.717, 1.165) is 12.1 Å². The standard InChI is InChI=1S/C12H17F3N2O3S/c1-3-16-8-9(2)21(18,19)17-10-5-4-6-11(7-10)20-12(13,14)15/h4-7,9,16-17H,3,8H2,1-2H3. The van der Waals surface area contributed by atoms with Gasteiger partial charge in [0.25, 0.3) is 0 Å². The number of alkyl halides is 3. The van der Waals surface area contributed by atoms with Gasteiger partial charge in [0.05, 0.1) is 10.9 Å². The molecule has 0 spiro atoms. The van der Waals surface area contributed by atoms with Gasteiger partial charge < -0.3 is 10.1 Å². The summed E-state index contributed by atoms with van der Waals surface area (Å²) >= 11 is 0. The van der Waals surface area contributed by atoms with Gasteiger partial charge in [0.2, 0.25) is 10.0 Å². The Kier molecular flexibility index (Phi) is 5.85. The number of rotatable bonds is 7. The van der Waals surface area contributed by atoms with Crippen molar-refractivity contribution in [2.24, 2.45) is 0 Å². The average molecular weight is 326 g/mol. The van der Waals surface area contributed by atoms with Crippen molar-refractivity contribution in [2.45, 2.75) is 25.5 Å². The van der Waals surface area contributed by atoms with Crippen LogP contribution in [0.25, 0.3) is 0 Å². The number of hydrogen-bond acceptors (Lipinski definition) is 4. The molecule has 0 aromatic heterocycles. The van der Waals surface area contributed by atoms with Crippen molar-refractivity contribution in [1.29, 1.82) is 0 Å². The van der Waals surface area contributed by atoms with Gasteiger partial charge in [-0.05, 0) is 25.6 Å². The van der Waals surface area contributed by atoms with Crippen LogP contribution in [0.4, 0.5) is 18.9 Å². The molecule has 1 aromatic carbocycles. The number of halogens is 3. The molecule has 1 unspecified atom stereocenters. The fourth-order valence-corrected chi connectivity index (χ4v) is 2.47. The van der Waals surface area contributed by atoms with E-state index in [9.17, 15) is 21.6 Å². The molecule has 1 aromatic rings. The number of anilines is 1. The fraction of sp³-hybridized carbons (Fsp3) is 0.500. The molecular weight excluding hydrogens is 309 g/mol. The minimum Gasteiger partial charge on any atom is -0.406 e. The summed E-state index contributed by atoms with van der Waals surface area (Å²) in [7, 11) is -3.70. The summed E-state index contributed by atoms with van der Waals surface area (Å²) in [5.74, 6) is -0.484. The summed E-state index contributed by atoms with van der Waals surface area (Å²) < 4.78 is 66.3. The predicted octanol–water partition coefficient (Wildman–Crippen LogP) is 2.32. The third-order valence-corrected chi connectivity index (χ3v) is 4.29. The highest BCUT2D eigenvalue weighted by Gasteiger charge is 2.31. The first-order valence-electron chi connectivity index (χ1n) is 6.22. The van der Waals surface area contributed by atoms with Crippen LogP contribution in [0, 0.1) is 0 Å². The van der Waals surface area contributed by atoms with Crippen LogP contribution in [-0.4, -0.2) is 33.1 Å². The van der Waals surface area contributed by atoms with Gasteiger partial charge in [0.1, 0.15) is 5.75 Å². The maximum absolute atomic E-state index is 12.1. The molecule has 21 heavy (non-hydrogen) atoms. The van der Waals surface area contributed by atoms with E-state index in [1.54, 1.807) is 0 Å². The second-order valence-electron chi connectivity index (χ2n) is 4.34. The van der Waals surface area contributed by atoms with E-state index >= 15 is 0 Å². The van der Waals surface area contributed by atoms with Crippen LogP contribution in [-0.2, 0) is 10.0 Å². The number of ether oxygens (including phenoxy) is 1. The lowest BCUT2D eigenvalue weighted by Gasteiger charge is -2.16. The van der Waals surface area contributed by atoms with Crippen molar-refractivity contribution < 1.29 is 26.3 Å². The molecule has 0 bridgehead atoms. The second kappa shape index (κ2) is 6.99. The lowest BCUT2D eigenvalue weighted by molar-refractivity contribution is -0.274. The van der Waals surface area contributed by atoms with Gasteiger partial charge in [-0.25, -0.2) is 8.42 Å². The van der Waals surface area contributed by atoms with Gasteiger partial charge in [-0.1, -0.05) is 13.0 Å². The Balaban J connectivity index is 2.80. The van der Waals surface area contributed by atoms with Gasteiger partial charge in [-0.2, -0.15) is 0 Å². The van der Waals surface area contributed by atoms with Gasteiger partial charge >= 0.3 is 6.36 Å². The van der Waals surface area contributed by atoms with E-state index in [0.29, 0.717) is 6.54 Å². The molecule has 0 aliphatic heterocycles. The van der Waals surface area contributed by atoms with E-state index in [-0.39, 0.29) is 12.2 Å². The van der Waals surface area contributed by atoms with E-state index in [1.807, 2.05) is 6.92 Å². The molecule has 0 amide bonds. The zero-order valence-corrected chi connectivity index (χ0v) is 12.4. The number of benzene rings is 1. The van der Waals surface area contributed by atoms with Crippen LogP contribution in [0.1, 0.15) is 13.8 Å². The third-order valence-electron chi connectivity index (χ3n) is 2.54. The van der Waals surface area contributed by atoms with Crippen LogP contribution < -0.4 is 14.8 Å². The molecule has 0 heterocycles. The minimum absolute atomic E-state index is 0.0140. The molecule has 0 radical (unpaired) electrons. The summed E-state index contributed by atoms with van der Waals surface area (Å²) in [5, 5.41) is 2.16. The van der Waals surface area contributed by atoms with Gasteiger partial charge in [-0.3, -0.25) is 4.72 Å². The van der Waals surface area contributed by atoms with Crippen molar-refractivity contribution in [3.63, 3.8) is 0 Å². The van der Waals surface area contributed by atoms with E-state index in [1.165, 1.54) is 19.1 Å². The molecule has 0 aliphatic carbocycles. The number of hydrogen-bond donors (Lipinski definition) is 2. The van der Waals surface area contributed by atoms with Crippen LogP contribution >= 0.6 is 0 Å². The number of nitrogens with one attached hydrogen (secondary N) is 2. The van der Waals surface area contributed by atoms with Crippen LogP contribution in [0.15, 0.2) is 24.3 Å². The first kappa shape index (κ1) is 17.6. The molecule has 9 heteroatoms. The van der Waals surface area contributed by atoms with Gasteiger partial charge in [0, 0.05) is 12.6 Å². The maximum atomic E-state index is 12.1. The van der Waals surface area contributed by atoms with Crippen molar-refractivity contribution in [3.05, 3.63) is 24.3 Å². The zero-order chi connectivity index (χ0) is 16.1. The molecule has 0 aliphatic rings. The van der Waals surface area contributed by atoms with Gasteiger partial charge in [0.15, 0.2) is 0 Å². The van der Waals surface area contributed by atoms with Crippen molar-refractivity contribution in [1.82, 2.24) is 5.32 Å². The Bertz CT molecular complexity index is 561. The van der Waals surface area contributed by atoms with Crippen LogP contribution in [0.2, 0.25) is 0 Å². The molecule has 120 valence electrons. The molecule has 0 saturated carbocycles. The fourth-order valence-electron chi connectivity index (χ4n) is 1.48. The number of sulfonamides is 1. The van der Waals surface area contributed by atoms with Crippen LogP contribution in [0.5, 0.6) is 5.75 Å². The first-order valence-corrected chi connectivity index (χ1v) is 7.77. The van der Waals surface area contributed by atoms with E-state index in [2.05, 4.69) is 14.8 Å². The zero-order valence-electron chi connectivity index (χ0n) is 11.6. The van der Waals surface area contributed by atoms with Crippen molar-refractivity contribution in [3.8, 4) is 5.75 Å². The molecule has 0 fully saturated rings. The van der Waals surface area contributed by atoms with Crippen molar-refractivity contribution in [2.75, 3.05) is 17.8 Å². The normalized spacial score (nSPS) is 13.8. The minimum atomic E-state index is -4.82. The highest BCUT2D eigenvalue weighted by Crippen LogP contribution is 2.25.